The van der Waals surface area contributed by atoms with E-state index in [0.717, 1.165) is 101 Å². The minimum absolute atomic E-state index is 0.117. The van der Waals surface area contributed by atoms with E-state index in [-0.39, 0.29) is 27.9 Å². The smallest absolute Gasteiger partial charge is 0.293 e. The number of hydrogen-bond acceptors (Lipinski definition) is 11. The number of nitro benzene ring substituents is 1. The van der Waals surface area contributed by atoms with Crippen LogP contribution in [0.3, 0.4) is 0 Å². The van der Waals surface area contributed by atoms with Gasteiger partial charge in [0.2, 0.25) is 0 Å². The minimum atomic E-state index is -4.44. The van der Waals surface area contributed by atoms with Crippen molar-refractivity contribution in [2.45, 2.75) is 35.2 Å². The van der Waals surface area contributed by atoms with Gasteiger partial charge in [-0.15, -0.1) is 11.8 Å². The third-order valence-electron chi connectivity index (χ3n) is 11.3. The second-order valence-electron chi connectivity index (χ2n) is 15.6. The molecular weight excluding hydrogens is 830 g/mol. The van der Waals surface area contributed by atoms with Crippen molar-refractivity contribution in [1.29, 1.82) is 0 Å². The van der Waals surface area contributed by atoms with Crippen LogP contribution in [-0.4, -0.2) is 112 Å². The van der Waals surface area contributed by atoms with E-state index in [1.807, 2.05) is 72.8 Å². The highest BCUT2D eigenvalue weighted by Crippen LogP contribution is 2.31. The summed E-state index contributed by atoms with van der Waals surface area (Å²) in [6.07, 6.45) is 1.68. The molecule has 0 spiro atoms. The standard InChI is InChI=1S/C46H52ClN7O5S2/c1-50-24-26-51(27-25-50)23-7-9-39(34-60-41-10-3-2-4-11-41)48-44-22-21-42(32-45(44)54(56)57)61(58,59)49-46(55)36-15-19-40(20-16-36)53-30-28-52(29-31-53)33-37-8-5-6-12-43(37)35-13-17-38(47)18-14-35/h2-6,8,10-22,32,39,48H,7,9,23-31,33-34H2,1H3,(H,49,55)/t39-/m1/s1. The first-order valence-corrected chi connectivity index (χ1v) is 23.5. The highest BCUT2D eigenvalue weighted by Gasteiger charge is 2.26. The molecule has 1 amide bonds. The van der Waals surface area contributed by atoms with Gasteiger partial charge in [-0.25, -0.2) is 13.1 Å². The topological polar surface area (TPSA) is 131 Å². The van der Waals surface area contributed by atoms with Crippen LogP contribution in [0.25, 0.3) is 11.1 Å². The molecule has 12 nitrogen and oxygen atoms in total. The van der Waals surface area contributed by atoms with Gasteiger partial charge in [0.15, 0.2) is 0 Å². The lowest BCUT2D eigenvalue weighted by atomic mass is 9.99. The van der Waals surface area contributed by atoms with E-state index in [0.29, 0.717) is 10.8 Å². The van der Waals surface area contributed by atoms with Gasteiger partial charge in [-0.05, 0) is 104 Å². The molecule has 0 unspecified atom stereocenters. The summed E-state index contributed by atoms with van der Waals surface area (Å²) in [4.78, 5) is 35.2. The van der Waals surface area contributed by atoms with Gasteiger partial charge in [-0.1, -0.05) is 66.2 Å². The predicted octanol–water partition coefficient (Wildman–Crippen LogP) is 7.96. The number of sulfonamides is 1. The molecule has 61 heavy (non-hydrogen) atoms. The molecule has 320 valence electrons. The van der Waals surface area contributed by atoms with E-state index in [2.05, 4.69) is 54.9 Å². The molecule has 2 heterocycles. The fourth-order valence-electron chi connectivity index (χ4n) is 7.75. The van der Waals surface area contributed by atoms with Crippen molar-refractivity contribution < 1.29 is 18.1 Å². The number of likely N-dealkylation sites (N-methyl/N-ethyl adjacent to an activating group) is 1. The Hall–Kier alpha value is -4.96. The van der Waals surface area contributed by atoms with Gasteiger partial charge in [-0.3, -0.25) is 19.8 Å². The van der Waals surface area contributed by atoms with E-state index < -0.39 is 20.9 Å². The summed E-state index contributed by atoms with van der Waals surface area (Å²) < 4.78 is 29.1. The largest absolute Gasteiger partial charge is 0.376 e. The van der Waals surface area contributed by atoms with Crippen LogP contribution < -0.4 is 14.9 Å². The van der Waals surface area contributed by atoms with Crippen LogP contribution in [0.15, 0.2) is 131 Å². The van der Waals surface area contributed by atoms with Crippen molar-refractivity contribution in [3.8, 4) is 11.1 Å². The first-order valence-electron chi connectivity index (χ1n) is 20.6. The van der Waals surface area contributed by atoms with Gasteiger partial charge in [0, 0.05) is 97.9 Å². The Labute approximate surface area is 368 Å². The number of anilines is 2. The summed E-state index contributed by atoms with van der Waals surface area (Å²) in [6.45, 7) is 9.10. The first kappa shape index (κ1) is 44.1. The zero-order valence-corrected chi connectivity index (χ0v) is 36.7. The summed E-state index contributed by atoms with van der Waals surface area (Å²) in [6, 6.07) is 36.7. The number of thioether (sulfide) groups is 1. The molecule has 2 N–H and O–H groups in total. The highest BCUT2D eigenvalue weighted by atomic mass is 35.5. The lowest BCUT2D eigenvalue weighted by molar-refractivity contribution is -0.384. The number of nitro groups is 1. The zero-order chi connectivity index (χ0) is 42.8. The monoisotopic (exact) mass is 881 g/mol. The molecule has 1 atom stereocenters. The third kappa shape index (κ3) is 12.1. The maximum atomic E-state index is 13.5. The normalized spacial score (nSPS) is 15.9. The molecule has 0 aliphatic carbocycles. The fraction of sp³-hybridized carbons (Fsp3) is 0.326. The van der Waals surface area contributed by atoms with Gasteiger partial charge in [0.05, 0.1) is 9.82 Å². The van der Waals surface area contributed by atoms with Crippen LogP contribution in [0, 0.1) is 10.1 Å². The predicted molar refractivity (Wildman–Crippen MR) is 246 cm³/mol. The summed E-state index contributed by atoms with van der Waals surface area (Å²) in [7, 11) is -2.31. The summed E-state index contributed by atoms with van der Waals surface area (Å²) in [5, 5.41) is 16.4. The molecule has 5 aromatic carbocycles. The number of carbonyl (C=O) groups excluding carboxylic acids is 1. The van der Waals surface area contributed by atoms with E-state index in [4.69, 9.17) is 11.6 Å². The molecule has 0 bridgehead atoms. The van der Waals surface area contributed by atoms with E-state index in [1.54, 1.807) is 23.9 Å². The Morgan fingerprint density at radius 3 is 2.20 bits per heavy atom. The lowest BCUT2D eigenvalue weighted by Crippen LogP contribution is -2.46. The van der Waals surface area contributed by atoms with Gasteiger partial charge in [0.25, 0.3) is 21.6 Å². The number of nitrogens with one attached hydrogen (secondary N) is 2. The summed E-state index contributed by atoms with van der Waals surface area (Å²) in [5.41, 5.74) is 4.50. The van der Waals surface area contributed by atoms with Crippen LogP contribution >= 0.6 is 23.4 Å². The third-order valence-corrected chi connectivity index (χ3v) is 14.1. The molecular formula is C46H52ClN7O5S2. The van der Waals surface area contributed by atoms with Gasteiger partial charge < -0.3 is 20.0 Å². The first-order chi connectivity index (χ1) is 29.5. The Morgan fingerprint density at radius 1 is 0.820 bits per heavy atom. The minimum Gasteiger partial charge on any atom is -0.376 e. The zero-order valence-electron chi connectivity index (χ0n) is 34.3. The number of piperazine rings is 2. The van der Waals surface area contributed by atoms with Crippen molar-refractivity contribution in [2.24, 2.45) is 0 Å². The molecule has 15 heteroatoms. The molecule has 5 aromatic rings. The lowest BCUT2D eigenvalue weighted by Gasteiger charge is -2.36. The van der Waals surface area contributed by atoms with Gasteiger partial charge in [0.1, 0.15) is 5.69 Å². The SMILES string of the molecule is CN1CCN(CCC[C@H](CSc2ccccc2)Nc2ccc(S(=O)(=O)NC(=O)c3ccc(N4CCN(Cc5ccccc5-c5ccc(Cl)cc5)CC4)cc3)cc2[N+](=O)[O-])CC1. The average Bonchev–Trinajstić information content (AvgIpc) is 3.27. The maximum Gasteiger partial charge on any atom is 0.293 e. The molecule has 0 saturated carbocycles. The van der Waals surface area contributed by atoms with Crippen molar-refractivity contribution in [3.63, 3.8) is 0 Å². The fourth-order valence-corrected chi connectivity index (χ4v) is 9.87. The Bertz CT molecular complexity index is 2360. The van der Waals surface area contributed by atoms with Crippen LogP contribution in [0.2, 0.25) is 5.02 Å². The number of benzene rings is 5. The molecule has 2 aliphatic rings. The van der Waals surface area contributed by atoms with Gasteiger partial charge >= 0.3 is 0 Å². The number of nitrogens with zero attached hydrogens (tertiary/aromatic N) is 5. The van der Waals surface area contributed by atoms with Crippen molar-refractivity contribution in [2.75, 3.05) is 81.9 Å². The van der Waals surface area contributed by atoms with Crippen LogP contribution in [0.1, 0.15) is 28.8 Å². The maximum absolute atomic E-state index is 13.5. The Kier molecular flexibility index (Phi) is 15.0. The second kappa shape index (κ2) is 20.7. The quantitative estimate of drug-likeness (QED) is 0.0536. The molecule has 0 aromatic heterocycles. The van der Waals surface area contributed by atoms with Crippen molar-refractivity contribution in [1.82, 2.24) is 19.4 Å². The molecule has 2 fully saturated rings. The van der Waals surface area contributed by atoms with Crippen LogP contribution in [-0.2, 0) is 16.6 Å². The van der Waals surface area contributed by atoms with E-state index in [9.17, 15) is 23.3 Å². The second-order valence-corrected chi connectivity index (χ2v) is 18.8. The van der Waals surface area contributed by atoms with Crippen LogP contribution in [0.5, 0.6) is 0 Å². The van der Waals surface area contributed by atoms with Gasteiger partial charge in [-0.2, -0.15) is 0 Å². The van der Waals surface area contributed by atoms with Crippen molar-refractivity contribution in [3.05, 3.63) is 148 Å². The number of hydrogen-bond donors (Lipinski definition) is 2. The highest BCUT2D eigenvalue weighted by molar-refractivity contribution is 7.99. The molecule has 2 aliphatic heterocycles. The molecule has 7 rings (SSSR count). The number of halogens is 1. The van der Waals surface area contributed by atoms with E-state index in [1.165, 1.54) is 23.3 Å². The Morgan fingerprint density at radius 2 is 1.49 bits per heavy atom. The molecule has 2 saturated heterocycles. The number of carbonyl (C=O) groups is 1. The van der Waals surface area contributed by atoms with Crippen molar-refractivity contribution >= 4 is 56.4 Å². The number of amides is 1. The van der Waals surface area contributed by atoms with Crippen LogP contribution in [0.4, 0.5) is 17.1 Å². The average molecular weight is 883 g/mol. The summed E-state index contributed by atoms with van der Waals surface area (Å²) in [5.74, 6) is -0.158. The van der Waals surface area contributed by atoms with E-state index >= 15 is 0 Å². The molecule has 0 radical (unpaired) electrons. The Balaban J connectivity index is 0.951. The summed E-state index contributed by atoms with van der Waals surface area (Å²) >= 11 is 7.79. The number of rotatable bonds is 17.